The summed E-state index contributed by atoms with van der Waals surface area (Å²) in [4.78, 5) is 32.4. The minimum absolute atomic E-state index is 0.0535. The van der Waals surface area contributed by atoms with Gasteiger partial charge in [0, 0.05) is 24.1 Å². The lowest BCUT2D eigenvalue weighted by molar-refractivity contribution is -0.123. The number of ether oxygens (including phenoxy) is 1. The van der Waals surface area contributed by atoms with Gasteiger partial charge < -0.3 is 10.1 Å². The van der Waals surface area contributed by atoms with E-state index in [4.69, 9.17) is 4.74 Å². The molecule has 1 N–H and O–H groups in total. The SMILES string of the molecule is C[C@H](OC(=O)c1ccc2nccnc2c1)C(=O)Nc1ccc(F)c(F)c1. The highest BCUT2D eigenvalue weighted by molar-refractivity contribution is 5.98. The van der Waals surface area contributed by atoms with Gasteiger partial charge in [-0.3, -0.25) is 14.8 Å². The molecule has 1 heterocycles. The first kappa shape index (κ1) is 17.4. The maximum Gasteiger partial charge on any atom is 0.338 e. The number of carbonyl (C=O) groups excluding carboxylic acids is 2. The lowest BCUT2D eigenvalue weighted by Gasteiger charge is -2.14. The zero-order valence-electron chi connectivity index (χ0n) is 13.6. The molecule has 0 spiro atoms. The monoisotopic (exact) mass is 357 g/mol. The van der Waals surface area contributed by atoms with Crippen LogP contribution < -0.4 is 5.32 Å². The molecule has 1 aromatic heterocycles. The Morgan fingerprint density at radius 3 is 2.46 bits per heavy atom. The molecule has 8 heteroatoms. The molecule has 132 valence electrons. The molecule has 1 atom stereocenters. The number of nitrogens with one attached hydrogen (secondary N) is 1. The fraction of sp³-hybridized carbons (Fsp3) is 0.111. The summed E-state index contributed by atoms with van der Waals surface area (Å²) in [6, 6.07) is 7.56. The largest absolute Gasteiger partial charge is 0.449 e. The third kappa shape index (κ3) is 3.80. The highest BCUT2D eigenvalue weighted by atomic mass is 19.2. The van der Waals surface area contributed by atoms with E-state index in [0.717, 1.165) is 12.1 Å². The zero-order valence-corrected chi connectivity index (χ0v) is 13.6. The van der Waals surface area contributed by atoms with Crippen LogP contribution >= 0.6 is 0 Å². The van der Waals surface area contributed by atoms with Gasteiger partial charge in [0.15, 0.2) is 17.7 Å². The maximum absolute atomic E-state index is 13.2. The summed E-state index contributed by atoms with van der Waals surface area (Å²) in [5.74, 6) is -3.51. The number of carbonyl (C=O) groups is 2. The van der Waals surface area contributed by atoms with Crippen molar-refractivity contribution >= 4 is 28.6 Å². The molecule has 6 nitrogen and oxygen atoms in total. The molecule has 1 amide bonds. The quantitative estimate of drug-likeness (QED) is 0.726. The van der Waals surface area contributed by atoms with Crippen molar-refractivity contribution in [1.82, 2.24) is 9.97 Å². The molecule has 0 aliphatic rings. The van der Waals surface area contributed by atoms with Crippen LogP contribution in [0.4, 0.5) is 14.5 Å². The van der Waals surface area contributed by atoms with Crippen molar-refractivity contribution in [2.24, 2.45) is 0 Å². The maximum atomic E-state index is 13.2. The Morgan fingerprint density at radius 2 is 1.73 bits per heavy atom. The van der Waals surface area contributed by atoms with E-state index in [-0.39, 0.29) is 11.3 Å². The second-order valence-corrected chi connectivity index (χ2v) is 5.43. The van der Waals surface area contributed by atoms with Crippen molar-refractivity contribution in [3.63, 3.8) is 0 Å². The molecule has 0 fully saturated rings. The Morgan fingerprint density at radius 1 is 1.00 bits per heavy atom. The van der Waals surface area contributed by atoms with E-state index in [1.54, 1.807) is 6.07 Å². The molecule has 2 aromatic carbocycles. The van der Waals surface area contributed by atoms with Gasteiger partial charge in [-0.05, 0) is 37.3 Å². The molecule has 3 aromatic rings. The second-order valence-electron chi connectivity index (χ2n) is 5.43. The molecule has 3 rings (SSSR count). The Kier molecular flexibility index (Phi) is 4.83. The van der Waals surface area contributed by atoms with Crippen molar-refractivity contribution in [1.29, 1.82) is 0 Å². The van der Waals surface area contributed by atoms with E-state index in [0.29, 0.717) is 11.0 Å². The number of hydrogen-bond donors (Lipinski definition) is 1. The second kappa shape index (κ2) is 7.22. The highest BCUT2D eigenvalue weighted by Crippen LogP contribution is 2.15. The van der Waals surface area contributed by atoms with Crippen LogP contribution in [0.3, 0.4) is 0 Å². The molecule has 26 heavy (non-hydrogen) atoms. The summed E-state index contributed by atoms with van der Waals surface area (Å²) in [6.45, 7) is 1.37. The number of aromatic nitrogens is 2. The van der Waals surface area contributed by atoms with Gasteiger partial charge >= 0.3 is 5.97 Å². The van der Waals surface area contributed by atoms with Crippen LogP contribution in [-0.4, -0.2) is 27.9 Å². The van der Waals surface area contributed by atoms with Crippen LogP contribution in [0.1, 0.15) is 17.3 Å². The molecule has 0 aliphatic carbocycles. The molecule has 0 saturated carbocycles. The number of nitrogens with zero attached hydrogens (tertiary/aromatic N) is 2. The standard InChI is InChI=1S/C18H13F2N3O3/c1-10(17(24)23-12-3-4-13(19)14(20)9-12)26-18(25)11-2-5-15-16(8-11)22-7-6-21-15/h2-10H,1H3,(H,23,24)/t10-/m0/s1. The Hall–Kier alpha value is -3.42. The van der Waals surface area contributed by atoms with Gasteiger partial charge in [0.25, 0.3) is 5.91 Å². The lowest BCUT2D eigenvalue weighted by Crippen LogP contribution is -2.30. The fourth-order valence-corrected chi connectivity index (χ4v) is 2.19. The molecular weight excluding hydrogens is 344 g/mol. The van der Waals surface area contributed by atoms with Gasteiger partial charge in [0.1, 0.15) is 0 Å². The van der Waals surface area contributed by atoms with Crippen molar-refractivity contribution in [3.05, 3.63) is 66.0 Å². The number of halogens is 2. The number of amides is 1. The number of benzene rings is 2. The van der Waals surface area contributed by atoms with E-state index < -0.39 is 29.6 Å². The van der Waals surface area contributed by atoms with E-state index in [1.807, 2.05) is 0 Å². The topological polar surface area (TPSA) is 81.2 Å². The number of hydrogen-bond acceptors (Lipinski definition) is 5. The van der Waals surface area contributed by atoms with E-state index in [1.165, 1.54) is 37.5 Å². The van der Waals surface area contributed by atoms with Gasteiger partial charge in [-0.25, -0.2) is 13.6 Å². The number of anilines is 1. The van der Waals surface area contributed by atoms with Crippen molar-refractivity contribution < 1.29 is 23.1 Å². The van der Waals surface area contributed by atoms with E-state index in [2.05, 4.69) is 15.3 Å². The smallest absolute Gasteiger partial charge is 0.338 e. The van der Waals surface area contributed by atoms with Crippen molar-refractivity contribution in [3.8, 4) is 0 Å². The third-order valence-corrected chi connectivity index (χ3v) is 3.55. The summed E-state index contributed by atoms with van der Waals surface area (Å²) in [7, 11) is 0. The Bertz CT molecular complexity index is 994. The van der Waals surface area contributed by atoms with Gasteiger partial charge in [-0.2, -0.15) is 0 Å². The van der Waals surface area contributed by atoms with Crippen LogP contribution in [0.5, 0.6) is 0 Å². The van der Waals surface area contributed by atoms with Crippen molar-refractivity contribution in [2.75, 3.05) is 5.32 Å². The molecule has 0 bridgehead atoms. The first-order valence-electron chi connectivity index (χ1n) is 7.62. The predicted octanol–water partition coefficient (Wildman–Crippen LogP) is 3.09. The Labute approximate surface area is 146 Å². The van der Waals surface area contributed by atoms with Gasteiger partial charge in [-0.15, -0.1) is 0 Å². The normalized spacial score (nSPS) is 11.8. The lowest BCUT2D eigenvalue weighted by atomic mass is 10.2. The summed E-state index contributed by atoms with van der Waals surface area (Å²) < 4.78 is 31.2. The van der Waals surface area contributed by atoms with Crippen LogP contribution in [0, 0.1) is 11.6 Å². The zero-order chi connectivity index (χ0) is 18.7. The van der Waals surface area contributed by atoms with E-state index >= 15 is 0 Å². The van der Waals surface area contributed by atoms with Gasteiger partial charge in [-0.1, -0.05) is 0 Å². The van der Waals surface area contributed by atoms with Crippen LogP contribution in [0.2, 0.25) is 0 Å². The molecule has 0 unspecified atom stereocenters. The Balaban J connectivity index is 1.67. The minimum atomic E-state index is -1.15. The van der Waals surface area contributed by atoms with Crippen molar-refractivity contribution in [2.45, 2.75) is 13.0 Å². The van der Waals surface area contributed by atoms with Crippen LogP contribution in [0.25, 0.3) is 11.0 Å². The summed E-state index contributed by atoms with van der Waals surface area (Å²) in [6.07, 6.45) is 1.88. The molecule has 0 radical (unpaired) electrons. The first-order valence-corrected chi connectivity index (χ1v) is 7.62. The third-order valence-electron chi connectivity index (χ3n) is 3.55. The molecule has 0 saturated heterocycles. The average molecular weight is 357 g/mol. The van der Waals surface area contributed by atoms with Crippen LogP contribution in [0.15, 0.2) is 48.8 Å². The summed E-state index contributed by atoms with van der Waals surface area (Å²) >= 11 is 0. The number of rotatable bonds is 4. The van der Waals surface area contributed by atoms with Gasteiger partial charge in [0.05, 0.1) is 16.6 Å². The predicted molar refractivity (Wildman–Crippen MR) is 89.4 cm³/mol. The molecule has 0 aliphatic heterocycles. The number of fused-ring (bicyclic) bond motifs is 1. The van der Waals surface area contributed by atoms with Crippen LogP contribution in [-0.2, 0) is 9.53 Å². The summed E-state index contributed by atoms with van der Waals surface area (Å²) in [5.41, 5.74) is 1.40. The summed E-state index contributed by atoms with van der Waals surface area (Å²) in [5, 5.41) is 2.35. The molecular formula is C18H13F2N3O3. The minimum Gasteiger partial charge on any atom is -0.449 e. The average Bonchev–Trinajstić information content (AvgIpc) is 2.64. The van der Waals surface area contributed by atoms with Gasteiger partial charge in [0.2, 0.25) is 0 Å². The first-order chi connectivity index (χ1) is 12.4. The fourth-order valence-electron chi connectivity index (χ4n) is 2.19. The highest BCUT2D eigenvalue weighted by Gasteiger charge is 2.20. The van der Waals surface area contributed by atoms with E-state index in [9.17, 15) is 18.4 Å². The number of esters is 1.